The smallest absolute Gasteiger partial charge is 0.161 e. The van der Waals surface area contributed by atoms with Gasteiger partial charge < -0.3 is 0 Å². The molecule has 1 aliphatic carbocycles. The fraction of sp³-hybridized carbons (Fsp3) is 0.533. The number of thioether (sulfide) groups is 1. The summed E-state index contributed by atoms with van der Waals surface area (Å²) >= 11 is 1.75. The van der Waals surface area contributed by atoms with Gasteiger partial charge in [-0.15, -0.1) is 11.8 Å². The Balaban J connectivity index is 2.24. The predicted octanol–water partition coefficient (Wildman–Crippen LogP) is 4.76. The molecular weight excluding hydrogens is 247 g/mol. The summed E-state index contributed by atoms with van der Waals surface area (Å²) < 4.78 is 13.5. The van der Waals surface area contributed by atoms with E-state index in [1.54, 1.807) is 18.7 Å². The highest BCUT2D eigenvalue weighted by atomic mass is 32.2. The lowest BCUT2D eigenvalue weighted by Gasteiger charge is -2.22. The van der Waals surface area contributed by atoms with Gasteiger partial charge in [-0.3, -0.25) is 4.79 Å². The van der Waals surface area contributed by atoms with Crippen molar-refractivity contribution in [1.29, 1.82) is 0 Å². The van der Waals surface area contributed by atoms with Crippen molar-refractivity contribution >= 4 is 17.5 Å². The van der Waals surface area contributed by atoms with Gasteiger partial charge in [0.1, 0.15) is 5.82 Å². The molecule has 1 aromatic rings. The van der Waals surface area contributed by atoms with E-state index in [1.807, 2.05) is 6.07 Å². The minimum Gasteiger partial charge on any atom is -0.294 e. The van der Waals surface area contributed by atoms with E-state index in [2.05, 4.69) is 0 Å². The molecule has 1 aliphatic rings. The largest absolute Gasteiger partial charge is 0.294 e. The summed E-state index contributed by atoms with van der Waals surface area (Å²) in [6.45, 7) is 3.26. The maximum atomic E-state index is 13.5. The molecule has 98 valence electrons. The van der Waals surface area contributed by atoms with Crippen LogP contribution in [0.1, 0.15) is 54.9 Å². The number of ketones is 1. The molecule has 0 saturated heterocycles. The Hall–Kier alpha value is -0.830. The number of carbonyl (C=O) groups excluding carboxylic acids is 1. The second-order valence-corrected chi connectivity index (χ2v) is 6.37. The van der Waals surface area contributed by atoms with Gasteiger partial charge >= 0.3 is 0 Å². The van der Waals surface area contributed by atoms with Crippen molar-refractivity contribution < 1.29 is 9.18 Å². The van der Waals surface area contributed by atoms with Crippen LogP contribution in [-0.4, -0.2) is 11.0 Å². The van der Waals surface area contributed by atoms with Gasteiger partial charge in [0.25, 0.3) is 0 Å². The molecule has 1 aromatic carbocycles. The summed E-state index contributed by atoms with van der Waals surface area (Å²) in [4.78, 5) is 12.5. The van der Waals surface area contributed by atoms with Crippen molar-refractivity contribution in [1.82, 2.24) is 0 Å². The third-order valence-corrected chi connectivity index (χ3v) is 4.88. The van der Waals surface area contributed by atoms with E-state index in [4.69, 9.17) is 0 Å². The van der Waals surface area contributed by atoms with Crippen LogP contribution in [0.25, 0.3) is 0 Å². The van der Waals surface area contributed by atoms with Gasteiger partial charge in [0.15, 0.2) is 5.78 Å². The van der Waals surface area contributed by atoms with Crippen LogP contribution in [0, 0.1) is 12.7 Å². The van der Waals surface area contributed by atoms with Crippen LogP contribution in [0.15, 0.2) is 17.0 Å². The van der Waals surface area contributed by atoms with E-state index < -0.39 is 0 Å². The molecule has 0 radical (unpaired) electrons. The van der Waals surface area contributed by atoms with Gasteiger partial charge in [-0.1, -0.05) is 19.3 Å². The second kappa shape index (κ2) is 5.87. The molecule has 0 spiro atoms. The highest BCUT2D eigenvalue weighted by molar-refractivity contribution is 8.00. The zero-order chi connectivity index (χ0) is 13.1. The van der Waals surface area contributed by atoms with Crippen LogP contribution in [0.5, 0.6) is 0 Å². The van der Waals surface area contributed by atoms with Gasteiger partial charge in [-0.25, -0.2) is 4.39 Å². The van der Waals surface area contributed by atoms with E-state index in [9.17, 15) is 9.18 Å². The topological polar surface area (TPSA) is 17.1 Å². The highest BCUT2D eigenvalue weighted by Gasteiger charge is 2.18. The monoisotopic (exact) mass is 266 g/mol. The number of rotatable bonds is 3. The number of hydrogen-bond acceptors (Lipinski definition) is 2. The molecule has 0 bridgehead atoms. The molecule has 0 atom stereocenters. The Bertz CT molecular complexity index is 450. The van der Waals surface area contributed by atoms with Crippen molar-refractivity contribution in [3.05, 3.63) is 29.1 Å². The summed E-state index contributed by atoms with van der Waals surface area (Å²) in [6.07, 6.45) is 6.27. The van der Waals surface area contributed by atoms with Crippen LogP contribution < -0.4 is 0 Å². The number of aryl methyl sites for hydroxylation is 1. The number of benzene rings is 1. The van der Waals surface area contributed by atoms with Crippen LogP contribution in [-0.2, 0) is 0 Å². The predicted molar refractivity (Wildman–Crippen MR) is 73.9 cm³/mol. The number of hydrogen-bond donors (Lipinski definition) is 0. The fourth-order valence-electron chi connectivity index (χ4n) is 2.39. The summed E-state index contributed by atoms with van der Waals surface area (Å²) in [6, 6.07) is 3.22. The SMILES string of the molecule is CC(=O)c1cc(F)c(C)cc1SC1CCCCC1. The lowest BCUT2D eigenvalue weighted by Crippen LogP contribution is -2.09. The third kappa shape index (κ3) is 3.14. The van der Waals surface area contributed by atoms with E-state index in [-0.39, 0.29) is 11.6 Å². The molecule has 0 amide bonds. The van der Waals surface area contributed by atoms with E-state index >= 15 is 0 Å². The molecule has 3 heteroatoms. The Kier molecular flexibility index (Phi) is 4.44. The molecule has 1 saturated carbocycles. The minimum absolute atomic E-state index is 0.0489. The molecule has 0 heterocycles. The van der Waals surface area contributed by atoms with Crippen LogP contribution in [0.4, 0.5) is 4.39 Å². The summed E-state index contributed by atoms with van der Waals surface area (Å²) in [5.74, 6) is -0.333. The van der Waals surface area contributed by atoms with Gasteiger partial charge in [-0.05, 0) is 44.4 Å². The number of Topliss-reactive ketones (excluding diaryl/α,β-unsaturated/α-hetero) is 1. The molecule has 0 aromatic heterocycles. The molecule has 1 nitrogen and oxygen atoms in total. The van der Waals surface area contributed by atoms with Crippen molar-refractivity contribution in [3.8, 4) is 0 Å². The fourth-order valence-corrected chi connectivity index (χ4v) is 3.89. The maximum Gasteiger partial charge on any atom is 0.161 e. The van der Waals surface area contributed by atoms with Gasteiger partial charge in [0, 0.05) is 15.7 Å². The van der Waals surface area contributed by atoms with Crippen molar-refractivity contribution in [2.24, 2.45) is 0 Å². The second-order valence-electron chi connectivity index (χ2n) is 5.03. The zero-order valence-corrected chi connectivity index (χ0v) is 11.8. The zero-order valence-electron chi connectivity index (χ0n) is 11.0. The average molecular weight is 266 g/mol. The van der Waals surface area contributed by atoms with Crippen LogP contribution >= 0.6 is 11.8 Å². The number of halogens is 1. The highest BCUT2D eigenvalue weighted by Crippen LogP contribution is 2.36. The Morgan fingerprint density at radius 2 is 1.94 bits per heavy atom. The van der Waals surface area contributed by atoms with Crippen molar-refractivity contribution in [3.63, 3.8) is 0 Å². The normalized spacial score (nSPS) is 16.8. The molecule has 0 unspecified atom stereocenters. The first-order valence-electron chi connectivity index (χ1n) is 6.55. The quantitative estimate of drug-likeness (QED) is 0.734. The Morgan fingerprint density at radius 3 is 2.56 bits per heavy atom. The van der Waals surface area contributed by atoms with Gasteiger partial charge in [0.05, 0.1) is 0 Å². The van der Waals surface area contributed by atoms with Crippen molar-refractivity contribution in [2.75, 3.05) is 0 Å². The third-order valence-electron chi connectivity index (χ3n) is 3.49. The summed E-state index contributed by atoms with van der Waals surface area (Å²) in [5.41, 5.74) is 1.16. The van der Waals surface area contributed by atoms with Crippen molar-refractivity contribution in [2.45, 2.75) is 56.1 Å². The van der Waals surface area contributed by atoms with Crippen LogP contribution in [0.2, 0.25) is 0 Å². The van der Waals surface area contributed by atoms with E-state index in [0.29, 0.717) is 16.4 Å². The standard InChI is InChI=1S/C15H19FOS/c1-10-8-15(13(11(2)17)9-14(10)16)18-12-6-4-3-5-7-12/h8-9,12H,3-7H2,1-2H3. The Labute approximate surface area is 112 Å². The average Bonchev–Trinajstić information content (AvgIpc) is 2.34. The van der Waals surface area contributed by atoms with Gasteiger partial charge in [-0.2, -0.15) is 0 Å². The molecule has 1 fully saturated rings. The van der Waals surface area contributed by atoms with E-state index in [1.165, 1.54) is 45.1 Å². The minimum atomic E-state index is -0.284. The first-order chi connectivity index (χ1) is 8.58. The number of carbonyl (C=O) groups is 1. The molecule has 18 heavy (non-hydrogen) atoms. The first kappa shape index (κ1) is 13.6. The van der Waals surface area contributed by atoms with Crippen LogP contribution in [0.3, 0.4) is 0 Å². The summed E-state index contributed by atoms with van der Waals surface area (Å²) in [5, 5.41) is 0.585. The van der Waals surface area contributed by atoms with E-state index in [0.717, 1.165) is 4.90 Å². The molecular formula is C15H19FOS. The molecule has 2 rings (SSSR count). The maximum absolute atomic E-state index is 13.5. The molecule has 0 aliphatic heterocycles. The lowest BCUT2D eigenvalue weighted by molar-refractivity contribution is 0.101. The molecule has 0 N–H and O–H groups in total. The summed E-state index contributed by atoms with van der Waals surface area (Å²) in [7, 11) is 0. The lowest BCUT2D eigenvalue weighted by atomic mass is 10.0. The Morgan fingerprint density at radius 1 is 1.28 bits per heavy atom. The van der Waals surface area contributed by atoms with Gasteiger partial charge in [0.2, 0.25) is 0 Å². The first-order valence-corrected chi connectivity index (χ1v) is 7.43.